The van der Waals surface area contributed by atoms with Crippen molar-refractivity contribution in [2.24, 2.45) is 0 Å². The molecule has 1 fully saturated rings. The zero-order valence-corrected chi connectivity index (χ0v) is 14.4. The van der Waals surface area contributed by atoms with E-state index in [-0.39, 0.29) is 11.6 Å². The van der Waals surface area contributed by atoms with Crippen molar-refractivity contribution in [1.82, 2.24) is 10.2 Å². The average molecular weight is 320 g/mol. The van der Waals surface area contributed by atoms with Crippen LogP contribution < -0.4 is 10.1 Å². The van der Waals surface area contributed by atoms with Crippen LogP contribution in [0.5, 0.6) is 5.75 Å². The molecule has 0 aromatic heterocycles. The number of ether oxygens (including phenoxy) is 2. The first-order valence-electron chi connectivity index (χ1n) is 8.37. The number of rotatable bonds is 7. The smallest absolute Gasteiger partial charge is 0.317 e. The number of nitrogens with one attached hydrogen (secondary N) is 1. The van der Waals surface area contributed by atoms with Gasteiger partial charge in [0.15, 0.2) is 0 Å². The minimum Gasteiger partial charge on any atom is -0.492 e. The molecule has 1 aliphatic rings. The van der Waals surface area contributed by atoms with Crippen molar-refractivity contribution >= 4 is 6.03 Å². The summed E-state index contributed by atoms with van der Waals surface area (Å²) in [6, 6.07) is 7.97. The number of likely N-dealkylation sites (N-methyl/N-ethyl adjacent to an activating group) is 1. The molecule has 0 unspecified atom stereocenters. The quantitative estimate of drug-likeness (QED) is 0.840. The Hall–Kier alpha value is -1.75. The van der Waals surface area contributed by atoms with Crippen LogP contribution in [0.15, 0.2) is 24.3 Å². The van der Waals surface area contributed by atoms with Gasteiger partial charge in [-0.1, -0.05) is 19.1 Å². The molecule has 0 radical (unpaired) electrons. The highest BCUT2D eigenvalue weighted by atomic mass is 16.5. The van der Waals surface area contributed by atoms with Gasteiger partial charge in [-0.25, -0.2) is 4.79 Å². The highest BCUT2D eigenvalue weighted by Crippen LogP contribution is 2.23. The van der Waals surface area contributed by atoms with Crippen molar-refractivity contribution in [2.45, 2.75) is 38.7 Å². The lowest BCUT2D eigenvalue weighted by molar-refractivity contribution is 0.0220. The van der Waals surface area contributed by atoms with Crippen molar-refractivity contribution in [1.29, 1.82) is 0 Å². The van der Waals surface area contributed by atoms with E-state index in [0.29, 0.717) is 19.7 Å². The summed E-state index contributed by atoms with van der Waals surface area (Å²) in [6.07, 6.45) is 3.04. The second kappa shape index (κ2) is 8.20. The minimum atomic E-state index is -0.215. The lowest BCUT2D eigenvalue weighted by atomic mass is 10.0. The number of amides is 2. The van der Waals surface area contributed by atoms with Gasteiger partial charge in [-0.2, -0.15) is 0 Å². The molecule has 1 aromatic rings. The molecule has 0 aliphatic carbocycles. The van der Waals surface area contributed by atoms with Gasteiger partial charge < -0.3 is 19.7 Å². The molecule has 5 heteroatoms. The van der Waals surface area contributed by atoms with E-state index in [0.717, 1.165) is 31.6 Å². The van der Waals surface area contributed by atoms with Gasteiger partial charge in [-0.15, -0.1) is 0 Å². The molecule has 1 heterocycles. The third-order valence-electron chi connectivity index (χ3n) is 4.26. The molecule has 0 saturated carbocycles. The number of carbonyl (C=O) groups is 1. The Morgan fingerprint density at radius 2 is 2.30 bits per heavy atom. The summed E-state index contributed by atoms with van der Waals surface area (Å²) in [5, 5.41) is 2.94. The third kappa shape index (κ3) is 5.43. The zero-order chi connectivity index (χ0) is 16.7. The molecule has 1 aromatic carbocycles. The van der Waals surface area contributed by atoms with E-state index in [1.54, 1.807) is 11.9 Å². The molecular weight excluding hydrogens is 292 g/mol. The molecule has 0 bridgehead atoms. The van der Waals surface area contributed by atoms with E-state index >= 15 is 0 Å². The Bertz CT molecular complexity index is 513. The maximum Gasteiger partial charge on any atom is 0.317 e. The lowest BCUT2D eigenvalue weighted by Crippen LogP contribution is -2.46. The Kier molecular flexibility index (Phi) is 6.28. The van der Waals surface area contributed by atoms with Crippen LogP contribution in [-0.4, -0.2) is 49.9 Å². The predicted molar refractivity (Wildman–Crippen MR) is 90.9 cm³/mol. The van der Waals surface area contributed by atoms with Gasteiger partial charge in [-0.05, 0) is 43.9 Å². The average Bonchev–Trinajstić information content (AvgIpc) is 3.00. The Labute approximate surface area is 139 Å². The lowest BCUT2D eigenvalue weighted by Gasteiger charge is -2.25. The molecular formula is C18H28N2O3. The van der Waals surface area contributed by atoms with E-state index in [4.69, 9.17) is 9.47 Å². The van der Waals surface area contributed by atoms with E-state index in [1.165, 1.54) is 5.56 Å². The van der Waals surface area contributed by atoms with Gasteiger partial charge in [0.25, 0.3) is 0 Å². The molecule has 5 nitrogen and oxygen atoms in total. The van der Waals surface area contributed by atoms with Crippen molar-refractivity contribution in [3.05, 3.63) is 29.8 Å². The molecule has 23 heavy (non-hydrogen) atoms. The highest BCUT2D eigenvalue weighted by molar-refractivity contribution is 5.73. The number of hydrogen-bond donors (Lipinski definition) is 1. The third-order valence-corrected chi connectivity index (χ3v) is 4.26. The largest absolute Gasteiger partial charge is 0.492 e. The maximum atomic E-state index is 12.1. The monoisotopic (exact) mass is 320 g/mol. The van der Waals surface area contributed by atoms with Gasteiger partial charge in [0.1, 0.15) is 12.4 Å². The van der Waals surface area contributed by atoms with Gasteiger partial charge in [0.2, 0.25) is 0 Å². The van der Waals surface area contributed by atoms with Crippen LogP contribution in [0.2, 0.25) is 0 Å². The number of nitrogens with zero attached hydrogens (tertiary/aromatic N) is 1. The van der Waals surface area contributed by atoms with E-state index < -0.39 is 0 Å². The maximum absolute atomic E-state index is 12.1. The van der Waals surface area contributed by atoms with Gasteiger partial charge in [0, 0.05) is 20.2 Å². The van der Waals surface area contributed by atoms with Crippen LogP contribution in [0.4, 0.5) is 4.79 Å². The van der Waals surface area contributed by atoms with E-state index in [9.17, 15) is 4.79 Å². The number of aryl methyl sites for hydroxylation is 1. The SMILES string of the molecule is CCc1cccc(OCCN(C)C(=O)NC[C@@]2(C)CCCO2)c1. The molecule has 1 atom stereocenters. The summed E-state index contributed by atoms with van der Waals surface area (Å²) in [7, 11) is 1.78. The second-order valence-electron chi connectivity index (χ2n) is 6.33. The van der Waals surface area contributed by atoms with E-state index in [1.807, 2.05) is 25.1 Å². The molecule has 128 valence electrons. The van der Waals surface area contributed by atoms with Crippen LogP contribution in [0.3, 0.4) is 0 Å². The molecule has 1 N–H and O–H groups in total. The summed E-state index contributed by atoms with van der Waals surface area (Å²) in [6.45, 7) is 6.52. The summed E-state index contributed by atoms with van der Waals surface area (Å²) < 4.78 is 11.4. The topological polar surface area (TPSA) is 50.8 Å². The van der Waals surface area contributed by atoms with Crippen molar-refractivity contribution in [2.75, 3.05) is 33.4 Å². The number of hydrogen-bond acceptors (Lipinski definition) is 3. The number of benzene rings is 1. The predicted octanol–water partition coefficient (Wildman–Crippen LogP) is 2.84. The van der Waals surface area contributed by atoms with Crippen molar-refractivity contribution < 1.29 is 14.3 Å². The summed E-state index contributed by atoms with van der Waals surface area (Å²) in [4.78, 5) is 13.7. The molecule has 1 aliphatic heterocycles. The summed E-state index contributed by atoms with van der Waals surface area (Å²) in [5.41, 5.74) is 1.03. The fraction of sp³-hybridized carbons (Fsp3) is 0.611. The van der Waals surface area contributed by atoms with Crippen LogP contribution in [0.1, 0.15) is 32.3 Å². The summed E-state index contributed by atoms with van der Waals surface area (Å²) in [5.74, 6) is 0.852. The highest BCUT2D eigenvalue weighted by Gasteiger charge is 2.30. The van der Waals surface area contributed by atoms with Crippen molar-refractivity contribution in [3.63, 3.8) is 0 Å². The fourth-order valence-electron chi connectivity index (χ4n) is 2.63. The Balaban J connectivity index is 1.69. The molecule has 2 amide bonds. The van der Waals surface area contributed by atoms with Crippen LogP contribution in [0, 0.1) is 0 Å². The van der Waals surface area contributed by atoms with Gasteiger partial charge in [0.05, 0.1) is 12.1 Å². The molecule has 1 saturated heterocycles. The zero-order valence-electron chi connectivity index (χ0n) is 14.4. The first-order valence-corrected chi connectivity index (χ1v) is 8.37. The molecule has 2 rings (SSSR count). The first-order chi connectivity index (χ1) is 11.0. The number of carbonyl (C=O) groups excluding carboxylic acids is 1. The van der Waals surface area contributed by atoms with Crippen LogP contribution in [0.25, 0.3) is 0 Å². The summed E-state index contributed by atoms with van der Waals surface area (Å²) >= 11 is 0. The number of urea groups is 1. The first kappa shape index (κ1) is 17.6. The minimum absolute atomic E-state index is 0.0902. The Morgan fingerprint density at radius 3 is 3.00 bits per heavy atom. The fourth-order valence-corrected chi connectivity index (χ4v) is 2.63. The van der Waals surface area contributed by atoms with Crippen LogP contribution in [-0.2, 0) is 11.2 Å². The van der Waals surface area contributed by atoms with Crippen LogP contribution >= 0.6 is 0 Å². The van der Waals surface area contributed by atoms with Gasteiger partial charge in [-0.3, -0.25) is 0 Å². The normalized spacial score (nSPS) is 20.3. The molecule has 0 spiro atoms. The standard InChI is InChI=1S/C18H28N2O3/c1-4-15-7-5-8-16(13-15)22-12-10-20(3)17(21)19-14-18(2)9-6-11-23-18/h5,7-8,13H,4,6,9-12,14H2,1-3H3,(H,19,21)/t18-/m1/s1. The Morgan fingerprint density at radius 1 is 1.48 bits per heavy atom. The van der Waals surface area contributed by atoms with Gasteiger partial charge >= 0.3 is 6.03 Å². The van der Waals surface area contributed by atoms with Crippen molar-refractivity contribution in [3.8, 4) is 5.75 Å². The van der Waals surface area contributed by atoms with E-state index in [2.05, 4.69) is 18.3 Å². The second-order valence-corrected chi connectivity index (χ2v) is 6.33.